The molecule has 1 aliphatic carbocycles. The summed E-state index contributed by atoms with van der Waals surface area (Å²) in [6.45, 7) is 0.717. The van der Waals surface area contributed by atoms with Crippen molar-refractivity contribution in [3.8, 4) is 0 Å². The predicted octanol–water partition coefficient (Wildman–Crippen LogP) is 3.33. The molecule has 0 aliphatic heterocycles. The summed E-state index contributed by atoms with van der Waals surface area (Å²) in [4.78, 5) is 12.1. The molecule has 0 bridgehead atoms. The van der Waals surface area contributed by atoms with Crippen molar-refractivity contribution in [1.82, 2.24) is 5.32 Å². The molecule has 19 heavy (non-hydrogen) atoms. The molecule has 104 valence electrons. The molecule has 0 unspecified atom stereocenters. The molecular formula is C14H19ClN2OS. The number of nitrogens with one attached hydrogen (secondary N) is 1. The van der Waals surface area contributed by atoms with Gasteiger partial charge in [-0.15, -0.1) is 0 Å². The SMILES string of the molecule is CSC1(CNC(=O)c2ccc(N)c(Cl)c2)CCCC1. The number of benzene rings is 1. The zero-order valence-corrected chi connectivity index (χ0v) is 12.6. The van der Waals surface area contributed by atoms with Crippen molar-refractivity contribution < 1.29 is 4.79 Å². The number of carbonyl (C=O) groups is 1. The molecular weight excluding hydrogens is 280 g/mol. The van der Waals surface area contributed by atoms with Gasteiger partial charge in [0.2, 0.25) is 0 Å². The zero-order chi connectivity index (χ0) is 13.9. The number of carbonyl (C=O) groups excluding carboxylic acids is 1. The van der Waals surface area contributed by atoms with Crippen molar-refractivity contribution in [1.29, 1.82) is 0 Å². The van der Waals surface area contributed by atoms with Gasteiger partial charge in [-0.25, -0.2) is 0 Å². The summed E-state index contributed by atoms with van der Waals surface area (Å²) in [7, 11) is 0. The molecule has 3 N–H and O–H groups in total. The van der Waals surface area contributed by atoms with E-state index in [1.807, 2.05) is 11.8 Å². The summed E-state index contributed by atoms with van der Waals surface area (Å²) in [6.07, 6.45) is 6.99. The Hall–Kier alpha value is -0.870. The number of nitrogen functional groups attached to an aromatic ring is 1. The van der Waals surface area contributed by atoms with Crippen LogP contribution in [0.2, 0.25) is 5.02 Å². The number of rotatable bonds is 4. The van der Waals surface area contributed by atoms with Crippen LogP contribution in [0.15, 0.2) is 18.2 Å². The lowest BCUT2D eigenvalue weighted by molar-refractivity contribution is 0.0949. The Kier molecular flexibility index (Phi) is 4.63. The van der Waals surface area contributed by atoms with Crippen molar-refractivity contribution in [2.45, 2.75) is 30.4 Å². The normalized spacial score (nSPS) is 17.4. The Bertz CT molecular complexity index is 473. The fourth-order valence-electron chi connectivity index (χ4n) is 2.48. The third-order valence-corrected chi connectivity index (χ3v) is 5.53. The van der Waals surface area contributed by atoms with E-state index in [1.165, 1.54) is 25.7 Å². The second kappa shape index (κ2) is 6.06. The number of hydrogen-bond acceptors (Lipinski definition) is 3. The van der Waals surface area contributed by atoms with Crippen molar-refractivity contribution >= 4 is 35.0 Å². The Morgan fingerprint density at radius 3 is 2.74 bits per heavy atom. The van der Waals surface area contributed by atoms with Crippen LogP contribution in [0, 0.1) is 0 Å². The van der Waals surface area contributed by atoms with E-state index < -0.39 is 0 Å². The van der Waals surface area contributed by atoms with E-state index in [0.717, 1.165) is 6.54 Å². The first-order chi connectivity index (χ1) is 9.06. The molecule has 0 spiro atoms. The first-order valence-electron chi connectivity index (χ1n) is 6.45. The number of amides is 1. The van der Waals surface area contributed by atoms with E-state index in [-0.39, 0.29) is 10.7 Å². The van der Waals surface area contributed by atoms with Crippen LogP contribution in [0.3, 0.4) is 0 Å². The second-order valence-electron chi connectivity index (χ2n) is 5.01. The Morgan fingerprint density at radius 2 is 2.16 bits per heavy atom. The number of hydrogen-bond donors (Lipinski definition) is 2. The maximum atomic E-state index is 12.1. The van der Waals surface area contributed by atoms with Crippen LogP contribution in [0.5, 0.6) is 0 Å². The minimum Gasteiger partial charge on any atom is -0.398 e. The minimum absolute atomic E-state index is 0.0813. The first-order valence-corrected chi connectivity index (χ1v) is 8.05. The van der Waals surface area contributed by atoms with Crippen LogP contribution in [0.25, 0.3) is 0 Å². The maximum absolute atomic E-state index is 12.1. The minimum atomic E-state index is -0.0813. The number of halogens is 1. The summed E-state index contributed by atoms with van der Waals surface area (Å²) >= 11 is 7.79. The fourth-order valence-corrected chi connectivity index (χ4v) is 3.58. The molecule has 3 nitrogen and oxygen atoms in total. The fraction of sp³-hybridized carbons (Fsp3) is 0.500. The highest BCUT2D eigenvalue weighted by molar-refractivity contribution is 8.00. The summed E-state index contributed by atoms with van der Waals surface area (Å²) in [5.74, 6) is -0.0813. The lowest BCUT2D eigenvalue weighted by Crippen LogP contribution is -2.38. The average molecular weight is 299 g/mol. The van der Waals surface area contributed by atoms with Gasteiger partial charge in [0.1, 0.15) is 0 Å². The topological polar surface area (TPSA) is 55.1 Å². The van der Waals surface area contributed by atoms with Crippen LogP contribution in [0.4, 0.5) is 5.69 Å². The summed E-state index contributed by atoms with van der Waals surface area (Å²) in [5.41, 5.74) is 6.70. The van der Waals surface area contributed by atoms with Crippen molar-refractivity contribution in [3.63, 3.8) is 0 Å². The molecule has 1 aromatic rings. The third-order valence-electron chi connectivity index (χ3n) is 3.78. The van der Waals surface area contributed by atoms with E-state index in [0.29, 0.717) is 16.3 Å². The van der Waals surface area contributed by atoms with E-state index in [9.17, 15) is 4.79 Å². The highest BCUT2D eigenvalue weighted by atomic mass is 35.5. The average Bonchev–Trinajstić information content (AvgIpc) is 2.89. The number of anilines is 1. The molecule has 0 saturated heterocycles. The first kappa shape index (κ1) is 14.5. The van der Waals surface area contributed by atoms with E-state index in [4.69, 9.17) is 17.3 Å². The standard InChI is InChI=1S/C14H19ClN2OS/c1-19-14(6-2-3-7-14)9-17-13(18)10-4-5-12(16)11(15)8-10/h4-5,8H,2-3,6-7,9,16H2,1H3,(H,17,18). The van der Waals surface area contributed by atoms with Gasteiger partial charge in [0.05, 0.1) is 10.7 Å². The molecule has 0 radical (unpaired) electrons. The Morgan fingerprint density at radius 1 is 1.47 bits per heavy atom. The summed E-state index contributed by atoms with van der Waals surface area (Å²) in [6, 6.07) is 4.99. The zero-order valence-electron chi connectivity index (χ0n) is 11.0. The van der Waals surface area contributed by atoms with Crippen LogP contribution in [-0.2, 0) is 0 Å². The van der Waals surface area contributed by atoms with Crippen molar-refractivity contribution in [3.05, 3.63) is 28.8 Å². The molecule has 0 aromatic heterocycles. The molecule has 1 fully saturated rings. The summed E-state index contributed by atoms with van der Waals surface area (Å²) in [5, 5.41) is 3.44. The Labute approximate surface area is 123 Å². The molecule has 0 atom stereocenters. The highest BCUT2D eigenvalue weighted by Gasteiger charge is 2.33. The molecule has 1 aliphatic rings. The predicted molar refractivity (Wildman–Crippen MR) is 82.9 cm³/mol. The number of thioether (sulfide) groups is 1. The maximum Gasteiger partial charge on any atom is 0.251 e. The van der Waals surface area contributed by atoms with Gasteiger partial charge >= 0.3 is 0 Å². The van der Waals surface area contributed by atoms with Gasteiger partial charge in [-0.2, -0.15) is 11.8 Å². The van der Waals surface area contributed by atoms with Crippen LogP contribution < -0.4 is 11.1 Å². The molecule has 5 heteroatoms. The lowest BCUT2D eigenvalue weighted by atomic mass is 10.1. The molecule has 1 amide bonds. The highest BCUT2D eigenvalue weighted by Crippen LogP contribution is 2.39. The summed E-state index contributed by atoms with van der Waals surface area (Å²) < 4.78 is 0.216. The van der Waals surface area contributed by atoms with Crippen LogP contribution in [0.1, 0.15) is 36.0 Å². The van der Waals surface area contributed by atoms with Gasteiger partial charge in [-0.05, 0) is 37.3 Å². The van der Waals surface area contributed by atoms with Gasteiger partial charge in [0.25, 0.3) is 5.91 Å². The monoisotopic (exact) mass is 298 g/mol. The van der Waals surface area contributed by atoms with Gasteiger partial charge in [0, 0.05) is 16.9 Å². The van der Waals surface area contributed by atoms with E-state index in [1.54, 1.807) is 18.2 Å². The van der Waals surface area contributed by atoms with E-state index >= 15 is 0 Å². The third kappa shape index (κ3) is 3.37. The Balaban J connectivity index is 1.99. The molecule has 1 saturated carbocycles. The van der Waals surface area contributed by atoms with Gasteiger partial charge < -0.3 is 11.1 Å². The smallest absolute Gasteiger partial charge is 0.251 e. The second-order valence-corrected chi connectivity index (χ2v) is 6.69. The van der Waals surface area contributed by atoms with Crippen molar-refractivity contribution in [2.75, 3.05) is 18.5 Å². The quantitative estimate of drug-likeness (QED) is 0.838. The largest absolute Gasteiger partial charge is 0.398 e. The lowest BCUT2D eigenvalue weighted by Gasteiger charge is -2.26. The van der Waals surface area contributed by atoms with Gasteiger partial charge in [-0.3, -0.25) is 4.79 Å². The number of nitrogens with two attached hydrogens (primary N) is 1. The van der Waals surface area contributed by atoms with Crippen LogP contribution in [-0.4, -0.2) is 23.5 Å². The van der Waals surface area contributed by atoms with E-state index in [2.05, 4.69) is 11.6 Å². The van der Waals surface area contributed by atoms with Crippen LogP contribution >= 0.6 is 23.4 Å². The van der Waals surface area contributed by atoms with Gasteiger partial charge in [-0.1, -0.05) is 24.4 Å². The van der Waals surface area contributed by atoms with Crippen molar-refractivity contribution in [2.24, 2.45) is 0 Å². The molecule has 1 aromatic carbocycles. The molecule has 0 heterocycles. The molecule has 2 rings (SSSR count). The van der Waals surface area contributed by atoms with Gasteiger partial charge in [0.15, 0.2) is 0 Å².